The van der Waals surface area contributed by atoms with Crippen LogP contribution in [0.25, 0.3) is 17.1 Å². The van der Waals surface area contributed by atoms with Gasteiger partial charge in [-0.2, -0.15) is 13.2 Å². The molecule has 3 aromatic heterocycles. The predicted octanol–water partition coefficient (Wildman–Crippen LogP) is 7.05. The molecule has 4 bridgehead atoms. The van der Waals surface area contributed by atoms with Gasteiger partial charge < -0.3 is 14.7 Å². The number of alkyl halides is 3. The summed E-state index contributed by atoms with van der Waals surface area (Å²) in [6.45, 7) is 4.17. The molecule has 1 aliphatic heterocycles. The van der Waals surface area contributed by atoms with E-state index in [2.05, 4.69) is 19.7 Å². The third-order valence-electron chi connectivity index (χ3n) is 9.40. The van der Waals surface area contributed by atoms with E-state index in [0.29, 0.717) is 22.4 Å². The van der Waals surface area contributed by atoms with E-state index in [1.807, 2.05) is 43.3 Å². The van der Waals surface area contributed by atoms with Crippen LogP contribution in [0.4, 0.5) is 24.8 Å². The summed E-state index contributed by atoms with van der Waals surface area (Å²) in [5.41, 5.74) is -0.579. The Balaban J connectivity index is 1.35. The van der Waals surface area contributed by atoms with Gasteiger partial charge in [0.25, 0.3) is 0 Å². The van der Waals surface area contributed by atoms with E-state index in [1.54, 1.807) is 12.3 Å². The van der Waals surface area contributed by atoms with Crippen molar-refractivity contribution in [3.8, 4) is 23.0 Å². The van der Waals surface area contributed by atoms with Gasteiger partial charge in [0.2, 0.25) is 5.88 Å². The fourth-order valence-electron chi connectivity index (χ4n) is 6.41. The van der Waals surface area contributed by atoms with Gasteiger partial charge in [-0.1, -0.05) is 43.2 Å². The Bertz CT molecular complexity index is 1800. The minimum atomic E-state index is -4.44. The van der Waals surface area contributed by atoms with Crippen molar-refractivity contribution >= 4 is 22.6 Å². The fraction of sp³-hybridized carbons (Fsp3) is 0.486. The quantitative estimate of drug-likeness (QED) is 0.228. The molecule has 0 saturated heterocycles. The number of hydrogen-bond acceptors (Lipinski definition) is 8. The summed E-state index contributed by atoms with van der Waals surface area (Å²) < 4.78 is 63.8. The van der Waals surface area contributed by atoms with Crippen molar-refractivity contribution in [2.45, 2.75) is 95.0 Å². The van der Waals surface area contributed by atoms with Gasteiger partial charge in [0.05, 0.1) is 23.3 Å². The van der Waals surface area contributed by atoms with Crippen LogP contribution in [0.5, 0.6) is 5.88 Å². The fourth-order valence-corrected chi connectivity index (χ4v) is 7.18. The number of nitrogens with one attached hydrogen (secondary N) is 1. The van der Waals surface area contributed by atoms with E-state index < -0.39 is 34.8 Å². The maximum absolute atomic E-state index is 13.7. The SMILES string of the molecule is CC1(O)CCCC1N1CCCCCCc2ccccc2-c2nc(cnc2-n2ccc(OCC(C)(C)C(F)(F)F)n2)NS(=O)c2cccc1n2. The third-order valence-corrected chi connectivity index (χ3v) is 10.4. The van der Waals surface area contributed by atoms with E-state index in [9.17, 15) is 22.5 Å². The number of pyridine rings is 1. The molecule has 1 fully saturated rings. The molecule has 1 saturated carbocycles. The highest BCUT2D eigenvalue weighted by Crippen LogP contribution is 2.38. The van der Waals surface area contributed by atoms with Gasteiger partial charge in [0.1, 0.15) is 18.1 Å². The first-order valence-corrected chi connectivity index (χ1v) is 17.8. The highest BCUT2D eigenvalue weighted by Gasteiger charge is 2.48. The van der Waals surface area contributed by atoms with E-state index in [1.165, 1.54) is 16.9 Å². The molecular weight excluding hydrogens is 655 g/mol. The average Bonchev–Trinajstić information content (AvgIpc) is 3.68. The normalized spacial score (nSPS) is 22.2. The van der Waals surface area contributed by atoms with Crippen LogP contribution in [0.2, 0.25) is 0 Å². The number of anilines is 2. The summed E-state index contributed by atoms with van der Waals surface area (Å²) >= 11 is 0. The number of hydrogen-bond donors (Lipinski definition) is 2. The summed E-state index contributed by atoms with van der Waals surface area (Å²) in [7, 11) is -1.80. The van der Waals surface area contributed by atoms with Gasteiger partial charge in [-0.15, -0.1) is 5.10 Å². The lowest BCUT2D eigenvalue weighted by Gasteiger charge is -2.37. The third kappa shape index (κ3) is 7.75. The van der Waals surface area contributed by atoms with Gasteiger partial charge in [-0.25, -0.2) is 23.8 Å². The minimum absolute atomic E-state index is 0.0197. The van der Waals surface area contributed by atoms with Crippen molar-refractivity contribution in [1.82, 2.24) is 24.7 Å². The van der Waals surface area contributed by atoms with Crippen LogP contribution < -0.4 is 14.4 Å². The van der Waals surface area contributed by atoms with Crippen molar-refractivity contribution in [3.05, 3.63) is 66.5 Å². The molecule has 2 N–H and O–H groups in total. The second-order valence-electron chi connectivity index (χ2n) is 13.7. The van der Waals surface area contributed by atoms with E-state index in [0.717, 1.165) is 82.9 Å². The van der Waals surface area contributed by atoms with Crippen LogP contribution in [-0.4, -0.2) is 65.0 Å². The van der Waals surface area contributed by atoms with Crippen molar-refractivity contribution in [2.75, 3.05) is 22.8 Å². The number of nitrogens with zero attached hydrogens (tertiary/aromatic N) is 6. The van der Waals surface area contributed by atoms with Gasteiger partial charge in [-0.05, 0) is 77.0 Å². The highest BCUT2D eigenvalue weighted by atomic mass is 32.2. The first-order chi connectivity index (χ1) is 23.3. The van der Waals surface area contributed by atoms with Crippen LogP contribution in [0.15, 0.2) is 66.0 Å². The van der Waals surface area contributed by atoms with Crippen LogP contribution in [-0.2, 0) is 17.4 Å². The number of aryl methyl sites for hydroxylation is 1. The lowest BCUT2D eigenvalue weighted by Crippen LogP contribution is -2.48. The Kier molecular flexibility index (Phi) is 9.99. The topological polar surface area (TPSA) is 118 Å². The molecule has 1 aromatic carbocycles. The summed E-state index contributed by atoms with van der Waals surface area (Å²) in [6.07, 6.45) is 5.70. The molecule has 3 unspecified atom stereocenters. The van der Waals surface area contributed by atoms with Gasteiger partial charge in [0.15, 0.2) is 27.6 Å². The molecule has 4 aromatic rings. The number of halogens is 3. The molecule has 4 heterocycles. The molecule has 14 heteroatoms. The molecule has 0 spiro atoms. The number of benzene rings is 1. The van der Waals surface area contributed by atoms with E-state index in [4.69, 9.17) is 14.7 Å². The molecule has 10 nitrogen and oxygen atoms in total. The molecule has 0 amide bonds. The van der Waals surface area contributed by atoms with Crippen molar-refractivity contribution in [2.24, 2.45) is 5.41 Å². The zero-order chi connectivity index (χ0) is 34.8. The lowest BCUT2D eigenvalue weighted by atomic mass is 9.94. The van der Waals surface area contributed by atoms with Gasteiger partial charge in [-0.3, -0.25) is 4.72 Å². The standard InChI is InChI=1S/C35H42F3N7O3S/c1-33(2,35(36,37)38)23-48-29-18-21-45(42-29)32-31-25-14-8-7-13-24(25)12-6-4-5-9-20-44(26-15-11-19-34(26,3)46)28-16-10-17-30(41-28)49(47)43-27(40-31)22-39-32/h7-8,10,13-14,16-18,21-22,26,46H,4-6,9,11-12,15,19-20,23H2,1-3H3,(H,40,43). The molecular formula is C35H42F3N7O3S. The minimum Gasteiger partial charge on any atom is -0.476 e. The molecule has 262 valence electrons. The summed E-state index contributed by atoms with van der Waals surface area (Å²) in [6, 6.07) is 14.7. The maximum atomic E-state index is 13.7. The summed E-state index contributed by atoms with van der Waals surface area (Å²) in [4.78, 5) is 16.5. The summed E-state index contributed by atoms with van der Waals surface area (Å²) in [5.74, 6) is 1.28. The maximum Gasteiger partial charge on any atom is 0.397 e. The Morgan fingerprint density at radius 2 is 1.84 bits per heavy atom. The lowest BCUT2D eigenvalue weighted by molar-refractivity contribution is -0.219. The Hall–Kier alpha value is -4.04. The average molecular weight is 698 g/mol. The number of aromatic nitrogens is 5. The molecule has 1 aliphatic carbocycles. The van der Waals surface area contributed by atoms with Crippen LogP contribution >= 0.6 is 0 Å². The zero-order valence-electron chi connectivity index (χ0n) is 27.9. The largest absolute Gasteiger partial charge is 0.476 e. The van der Waals surface area contributed by atoms with Crippen molar-refractivity contribution in [1.29, 1.82) is 0 Å². The molecule has 0 radical (unpaired) electrons. The van der Waals surface area contributed by atoms with Crippen LogP contribution in [0, 0.1) is 5.41 Å². The van der Waals surface area contributed by atoms with Crippen molar-refractivity contribution < 1.29 is 27.2 Å². The number of aliphatic hydroxyl groups is 1. The number of ether oxygens (including phenoxy) is 1. The number of rotatable bonds is 5. The second-order valence-corrected chi connectivity index (χ2v) is 14.8. The zero-order valence-corrected chi connectivity index (χ0v) is 28.7. The Morgan fingerprint density at radius 3 is 2.61 bits per heavy atom. The van der Waals surface area contributed by atoms with Gasteiger partial charge in [0, 0.05) is 24.4 Å². The molecule has 2 aliphatic rings. The monoisotopic (exact) mass is 697 g/mol. The first-order valence-electron chi connectivity index (χ1n) is 16.7. The van der Waals surface area contributed by atoms with Crippen LogP contribution in [0.1, 0.15) is 71.3 Å². The molecule has 49 heavy (non-hydrogen) atoms. The predicted molar refractivity (Wildman–Crippen MR) is 182 cm³/mol. The Morgan fingerprint density at radius 1 is 1.04 bits per heavy atom. The van der Waals surface area contributed by atoms with E-state index >= 15 is 0 Å². The Labute approximate surface area is 286 Å². The van der Waals surface area contributed by atoms with E-state index in [-0.39, 0.29) is 17.7 Å². The molecule has 3 atom stereocenters. The van der Waals surface area contributed by atoms with Gasteiger partial charge >= 0.3 is 6.18 Å². The summed E-state index contributed by atoms with van der Waals surface area (Å²) in [5, 5.41) is 15.9. The highest BCUT2D eigenvalue weighted by molar-refractivity contribution is 7.86. The smallest absolute Gasteiger partial charge is 0.397 e. The van der Waals surface area contributed by atoms with Crippen LogP contribution in [0.3, 0.4) is 0 Å². The molecule has 6 rings (SSSR count). The second kappa shape index (κ2) is 14.1. The first kappa shape index (κ1) is 34.8. The van der Waals surface area contributed by atoms with Crippen molar-refractivity contribution in [3.63, 3.8) is 0 Å². The number of fused-ring (bicyclic) bond motifs is 6.